The van der Waals surface area contributed by atoms with Gasteiger partial charge in [-0.2, -0.15) is 5.10 Å². The molecule has 3 heterocycles. The van der Waals surface area contributed by atoms with Gasteiger partial charge in [-0.15, -0.1) is 0 Å². The van der Waals surface area contributed by atoms with Crippen LogP contribution in [0.15, 0.2) is 73.2 Å². The largest absolute Gasteiger partial charge is 0.454 e. The first kappa shape index (κ1) is 15.9. The van der Waals surface area contributed by atoms with Crippen LogP contribution in [0.5, 0.6) is 11.5 Å². The zero-order chi connectivity index (χ0) is 19.2. The predicted octanol–water partition coefficient (Wildman–Crippen LogP) is 4.70. The fourth-order valence-electron chi connectivity index (χ4n) is 3.66. The number of para-hydroxylation sites is 1. The molecule has 0 atom stereocenters. The highest BCUT2D eigenvalue weighted by molar-refractivity contribution is 5.96. The Morgan fingerprint density at radius 1 is 0.862 bits per heavy atom. The van der Waals surface area contributed by atoms with E-state index in [0.717, 1.165) is 50.5 Å². The van der Waals surface area contributed by atoms with Crippen LogP contribution in [0.25, 0.3) is 21.8 Å². The highest BCUT2D eigenvalue weighted by atomic mass is 16.7. The molecule has 1 aliphatic rings. The lowest BCUT2D eigenvalue weighted by Gasteiger charge is -2.25. The molecule has 7 heteroatoms. The van der Waals surface area contributed by atoms with Crippen molar-refractivity contribution >= 4 is 39.0 Å². The van der Waals surface area contributed by atoms with E-state index in [-0.39, 0.29) is 6.79 Å². The number of rotatable bonds is 3. The number of H-pyrrole nitrogens is 1. The molecule has 0 saturated carbocycles. The van der Waals surface area contributed by atoms with Crippen LogP contribution in [0.3, 0.4) is 0 Å². The Kier molecular flexibility index (Phi) is 3.40. The van der Waals surface area contributed by atoms with Gasteiger partial charge < -0.3 is 9.47 Å². The molecule has 0 unspecified atom stereocenters. The quantitative estimate of drug-likeness (QED) is 0.488. The first-order chi connectivity index (χ1) is 14.4. The molecular weight excluding hydrogens is 366 g/mol. The van der Waals surface area contributed by atoms with Gasteiger partial charge in [-0.3, -0.25) is 10.00 Å². The number of ether oxygens (including phenoxy) is 2. The summed E-state index contributed by atoms with van der Waals surface area (Å²) in [5, 5.41) is 9.12. The minimum absolute atomic E-state index is 0.232. The number of hydrogen-bond acceptors (Lipinski definition) is 6. The first-order valence-corrected chi connectivity index (χ1v) is 9.19. The van der Waals surface area contributed by atoms with E-state index >= 15 is 0 Å². The van der Waals surface area contributed by atoms with Crippen molar-refractivity contribution in [2.24, 2.45) is 0 Å². The van der Waals surface area contributed by atoms with Crippen molar-refractivity contribution in [1.29, 1.82) is 0 Å². The fraction of sp³-hybridized carbons (Fsp3) is 0.0455. The maximum Gasteiger partial charge on any atom is 0.231 e. The van der Waals surface area contributed by atoms with Gasteiger partial charge in [0.25, 0.3) is 0 Å². The molecule has 0 aliphatic carbocycles. The number of benzene rings is 3. The number of anilines is 3. The summed E-state index contributed by atoms with van der Waals surface area (Å²) in [6.45, 7) is 0.232. The number of nitrogens with one attached hydrogen (secondary N) is 1. The summed E-state index contributed by atoms with van der Waals surface area (Å²) in [4.78, 5) is 11.1. The van der Waals surface area contributed by atoms with Gasteiger partial charge in [-0.1, -0.05) is 12.1 Å². The van der Waals surface area contributed by atoms with Crippen LogP contribution in [0.4, 0.5) is 17.2 Å². The average molecular weight is 381 g/mol. The number of aromatic amines is 1. The lowest BCUT2D eigenvalue weighted by atomic mass is 10.1. The summed E-state index contributed by atoms with van der Waals surface area (Å²) < 4.78 is 11.1. The first-order valence-electron chi connectivity index (χ1n) is 9.19. The molecule has 2 aromatic heterocycles. The maximum absolute atomic E-state index is 5.61. The number of nitrogens with zero attached hydrogens (tertiary/aromatic N) is 4. The molecule has 3 aromatic carbocycles. The van der Waals surface area contributed by atoms with Gasteiger partial charge in [-0.05, 0) is 42.5 Å². The molecule has 1 aliphatic heterocycles. The van der Waals surface area contributed by atoms with Crippen molar-refractivity contribution in [3.8, 4) is 11.5 Å². The van der Waals surface area contributed by atoms with Gasteiger partial charge in [-0.25, -0.2) is 9.97 Å². The van der Waals surface area contributed by atoms with Gasteiger partial charge in [0.2, 0.25) is 6.79 Å². The molecule has 0 amide bonds. The van der Waals surface area contributed by atoms with Gasteiger partial charge in [0.15, 0.2) is 11.5 Å². The van der Waals surface area contributed by atoms with Crippen molar-refractivity contribution in [2.75, 3.05) is 11.7 Å². The van der Waals surface area contributed by atoms with Crippen molar-refractivity contribution < 1.29 is 9.47 Å². The summed E-state index contributed by atoms with van der Waals surface area (Å²) in [6.07, 6.45) is 3.41. The molecule has 29 heavy (non-hydrogen) atoms. The smallest absolute Gasteiger partial charge is 0.231 e. The van der Waals surface area contributed by atoms with E-state index in [1.54, 1.807) is 6.33 Å². The number of fused-ring (bicyclic) bond motifs is 3. The maximum atomic E-state index is 5.61. The van der Waals surface area contributed by atoms with Crippen LogP contribution < -0.4 is 14.4 Å². The van der Waals surface area contributed by atoms with E-state index in [9.17, 15) is 0 Å². The number of hydrogen-bond donors (Lipinski definition) is 1. The molecule has 0 fully saturated rings. The SMILES string of the molecule is c1ccc2c(N(c3ccc4c(c3)OCO4)c3ccc4[nH]ncc4c3)ncnc2c1. The third kappa shape index (κ3) is 2.55. The van der Waals surface area contributed by atoms with E-state index in [4.69, 9.17) is 9.47 Å². The highest BCUT2D eigenvalue weighted by Gasteiger charge is 2.21. The molecule has 140 valence electrons. The predicted molar refractivity (Wildman–Crippen MR) is 110 cm³/mol. The second-order valence-corrected chi connectivity index (χ2v) is 6.73. The van der Waals surface area contributed by atoms with Gasteiger partial charge in [0.1, 0.15) is 12.1 Å². The Balaban J connectivity index is 1.61. The molecule has 6 rings (SSSR count). The Morgan fingerprint density at radius 3 is 2.72 bits per heavy atom. The van der Waals surface area contributed by atoms with Crippen molar-refractivity contribution in [1.82, 2.24) is 20.2 Å². The Bertz CT molecular complexity index is 1360. The van der Waals surface area contributed by atoms with Crippen LogP contribution in [-0.2, 0) is 0 Å². The van der Waals surface area contributed by atoms with E-state index in [0.29, 0.717) is 0 Å². The summed E-state index contributed by atoms with van der Waals surface area (Å²) in [5.74, 6) is 2.25. The third-order valence-corrected chi connectivity index (χ3v) is 5.03. The summed E-state index contributed by atoms with van der Waals surface area (Å²) in [7, 11) is 0. The zero-order valence-corrected chi connectivity index (χ0v) is 15.2. The van der Waals surface area contributed by atoms with Crippen LogP contribution >= 0.6 is 0 Å². The van der Waals surface area contributed by atoms with Gasteiger partial charge in [0, 0.05) is 22.5 Å². The molecular formula is C22H15N5O2. The van der Waals surface area contributed by atoms with Crippen LogP contribution in [-0.4, -0.2) is 27.0 Å². The molecule has 5 aromatic rings. The zero-order valence-electron chi connectivity index (χ0n) is 15.2. The van der Waals surface area contributed by atoms with E-state index in [1.807, 2.05) is 60.8 Å². The standard InChI is InChI=1S/C22H15N5O2/c1-2-4-19-17(3-1)22(24-12-23-19)27(15-5-7-18-14(9-15)11-25-26-18)16-6-8-20-21(10-16)29-13-28-20/h1-12H,13H2,(H,25,26). The number of aromatic nitrogens is 4. The molecule has 0 spiro atoms. The lowest BCUT2D eigenvalue weighted by molar-refractivity contribution is 0.174. The normalized spacial score (nSPS) is 12.6. The lowest BCUT2D eigenvalue weighted by Crippen LogP contribution is -2.12. The van der Waals surface area contributed by atoms with Crippen LogP contribution in [0, 0.1) is 0 Å². The Labute approximate surface area is 165 Å². The van der Waals surface area contributed by atoms with Crippen molar-refractivity contribution in [3.63, 3.8) is 0 Å². The second-order valence-electron chi connectivity index (χ2n) is 6.73. The topological polar surface area (TPSA) is 76.2 Å². The fourth-order valence-corrected chi connectivity index (χ4v) is 3.66. The van der Waals surface area contributed by atoms with Crippen LogP contribution in [0.2, 0.25) is 0 Å². The summed E-state index contributed by atoms with van der Waals surface area (Å²) >= 11 is 0. The monoisotopic (exact) mass is 381 g/mol. The minimum atomic E-state index is 0.232. The van der Waals surface area contributed by atoms with Crippen molar-refractivity contribution in [3.05, 3.63) is 73.2 Å². The minimum Gasteiger partial charge on any atom is -0.454 e. The Hall–Kier alpha value is -4.13. The van der Waals surface area contributed by atoms with Gasteiger partial charge >= 0.3 is 0 Å². The van der Waals surface area contributed by atoms with Crippen LogP contribution in [0.1, 0.15) is 0 Å². The molecule has 0 radical (unpaired) electrons. The summed E-state index contributed by atoms with van der Waals surface area (Å²) in [6, 6.07) is 20.0. The summed E-state index contributed by atoms with van der Waals surface area (Å²) in [5.41, 5.74) is 3.74. The van der Waals surface area contributed by atoms with E-state index in [1.165, 1.54) is 0 Å². The molecule has 1 N–H and O–H groups in total. The molecule has 0 saturated heterocycles. The average Bonchev–Trinajstić information content (AvgIpc) is 3.43. The van der Waals surface area contributed by atoms with Gasteiger partial charge in [0.05, 0.1) is 22.9 Å². The third-order valence-electron chi connectivity index (χ3n) is 5.03. The second kappa shape index (κ2) is 6.20. The molecule has 0 bridgehead atoms. The highest BCUT2D eigenvalue weighted by Crippen LogP contribution is 2.42. The van der Waals surface area contributed by atoms with E-state index < -0.39 is 0 Å². The Morgan fingerprint density at radius 2 is 1.72 bits per heavy atom. The van der Waals surface area contributed by atoms with E-state index in [2.05, 4.69) is 31.1 Å². The molecule has 7 nitrogen and oxygen atoms in total. The van der Waals surface area contributed by atoms with Crippen molar-refractivity contribution in [2.45, 2.75) is 0 Å².